The maximum absolute atomic E-state index is 12.2. The number of hydrogen-bond donors (Lipinski definition) is 2. The molecule has 3 N–H and O–H groups in total. The summed E-state index contributed by atoms with van der Waals surface area (Å²) in [6.45, 7) is 0.422. The fourth-order valence-corrected chi connectivity index (χ4v) is 2.64. The summed E-state index contributed by atoms with van der Waals surface area (Å²) in [5.41, 5.74) is 6.75. The number of oxazole rings is 1. The number of rotatable bonds is 8. The quantitative estimate of drug-likeness (QED) is 0.387. The van der Waals surface area contributed by atoms with Gasteiger partial charge < -0.3 is 19.6 Å². The van der Waals surface area contributed by atoms with Crippen LogP contribution in [0.2, 0.25) is 0 Å². The average Bonchev–Trinajstić information content (AvgIpc) is 3.12. The lowest BCUT2D eigenvalue weighted by atomic mass is 10.2. The lowest BCUT2D eigenvalue weighted by Crippen LogP contribution is -2.31. The monoisotopic (exact) mass is 451 g/mol. The molecule has 3 rings (SSSR count). The van der Waals surface area contributed by atoms with Crippen LogP contribution in [0.25, 0.3) is 11.5 Å². The van der Waals surface area contributed by atoms with Crippen molar-refractivity contribution in [3.63, 3.8) is 0 Å². The van der Waals surface area contributed by atoms with Gasteiger partial charge in [0.25, 0.3) is 0 Å². The van der Waals surface area contributed by atoms with Crippen LogP contribution in [0.3, 0.4) is 0 Å². The molecule has 0 aliphatic carbocycles. The van der Waals surface area contributed by atoms with Crippen LogP contribution in [-0.2, 0) is 13.2 Å². The van der Waals surface area contributed by atoms with Crippen molar-refractivity contribution >= 4 is 6.03 Å². The van der Waals surface area contributed by atoms with E-state index in [1.54, 1.807) is 43.3 Å². The molecular formula is C21H20F3N3O5. The first-order chi connectivity index (χ1) is 15.1. The molecule has 0 fully saturated rings. The second kappa shape index (κ2) is 9.60. The van der Waals surface area contributed by atoms with Crippen LogP contribution < -0.4 is 15.2 Å². The zero-order valence-electron chi connectivity index (χ0n) is 16.9. The molecule has 0 aliphatic heterocycles. The number of halogens is 3. The number of hydroxylamine groups is 2. The van der Waals surface area contributed by atoms with E-state index in [2.05, 4.69) is 9.72 Å². The molecule has 170 valence electrons. The lowest BCUT2D eigenvalue weighted by molar-refractivity contribution is -0.153. The maximum atomic E-state index is 12.2. The van der Waals surface area contributed by atoms with Gasteiger partial charge in [-0.2, -0.15) is 13.2 Å². The van der Waals surface area contributed by atoms with E-state index in [0.29, 0.717) is 39.3 Å². The van der Waals surface area contributed by atoms with E-state index < -0.39 is 18.8 Å². The highest BCUT2D eigenvalue weighted by Gasteiger charge is 2.28. The van der Waals surface area contributed by atoms with Crippen LogP contribution in [0.4, 0.5) is 18.0 Å². The van der Waals surface area contributed by atoms with Crippen molar-refractivity contribution in [2.75, 3.05) is 6.61 Å². The lowest BCUT2D eigenvalue weighted by Gasteiger charge is -2.12. The molecule has 0 aliphatic rings. The first-order valence-corrected chi connectivity index (χ1v) is 9.34. The molecule has 1 aromatic heterocycles. The topological polar surface area (TPSA) is 111 Å². The average molecular weight is 451 g/mol. The zero-order valence-corrected chi connectivity index (χ0v) is 16.9. The molecule has 1 heterocycles. The number of amides is 2. The van der Waals surface area contributed by atoms with E-state index in [1.807, 2.05) is 0 Å². The van der Waals surface area contributed by atoms with E-state index in [4.69, 9.17) is 14.9 Å². The van der Waals surface area contributed by atoms with Gasteiger partial charge in [0.05, 0.1) is 6.54 Å². The number of primary amides is 1. The number of aryl methyl sites for hydroxylation is 1. The number of nitrogens with zero attached hydrogens (tertiary/aromatic N) is 2. The molecular weight excluding hydrogens is 431 g/mol. The number of ether oxygens (including phenoxy) is 2. The number of carbonyl (C=O) groups is 1. The van der Waals surface area contributed by atoms with Gasteiger partial charge in [-0.3, -0.25) is 5.21 Å². The van der Waals surface area contributed by atoms with Crippen molar-refractivity contribution in [3.8, 4) is 23.0 Å². The Kier molecular flexibility index (Phi) is 6.89. The van der Waals surface area contributed by atoms with E-state index in [0.717, 1.165) is 0 Å². The summed E-state index contributed by atoms with van der Waals surface area (Å²) in [5, 5.41) is 9.75. The van der Waals surface area contributed by atoms with Crippen molar-refractivity contribution in [2.24, 2.45) is 5.73 Å². The van der Waals surface area contributed by atoms with Gasteiger partial charge in [0, 0.05) is 5.56 Å². The molecule has 0 spiro atoms. The first-order valence-electron chi connectivity index (χ1n) is 9.34. The van der Waals surface area contributed by atoms with Crippen molar-refractivity contribution in [1.82, 2.24) is 10.0 Å². The van der Waals surface area contributed by atoms with Gasteiger partial charge in [-0.1, -0.05) is 12.1 Å². The van der Waals surface area contributed by atoms with Gasteiger partial charge in [-0.15, -0.1) is 0 Å². The zero-order chi connectivity index (χ0) is 23.3. The summed E-state index contributed by atoms with van der Waals surface area (Å²) >= 11 is 0. The molecule has 0 saturated heterocycles. The molecule has 0 atom stereocenters. The summed E-state index contributed by atoms with van der Waals surface area (Å²) in [4.78, 5) is 15.2. The molecule has 11 heteroatoms. The summed E-state index contributed by atoms with van der Waals surface area (Å²) in [6.07, 6.45) is -4.41. The summed E-state index contributed by atoms with van der Waals surface area (Å²) < 4.78 is 52.7. The molecule has 0 radical (unpaired) electrons. The third-order valence-corrected chi connectivity index (χ3v) is 4.28. The van der Waals surface area contributed by atoms with Crippen LogP contribution in [0, 0.1) is 6.92 Å². The van der Waals surface area contributed by atoms with Crippen LogP contribution in [0.15, 0.2) is 52.9 Å². The summed E-state index contributed by atoms with van der Waals surface area (Å²) in [5.74, 6) is 1.45. The molecule has 2 amide bonds. The smallest absolute Gasteiger partial charge is 0.422 e. The van der Waals surface area contributed by atoms with Gasteiger partial charge in [0.15, 0.2) is 6.61 Å². The van der Waals surface area contributed by atoms with E-state index in [1.165, 1.54) is 12.1 Å². The van der Waals surface area contributed by atoms with Crippen molar-refractivity contribution in [3.05, 3.63) is 65.5 Å². The van der Waals surface area contributed by atoms with Gasteiger partial charge in [-0.25, -0.2) is 14.8 Å². The van der Waals surface area contributed by atoms with Gasteiger partial charge in [0.2, 0.25) is 5.89 Å². The number of carbonyl (C=O) groups excluding carboxylic acids is 1. The van der Waals surface area contributed by atoms with Crippen molar-refractivity contribution in [2.45, 2.75) is 26.3 Å². The second-order valence-electron chi connectivity index (χ2n) is 6.78. The highest BCUT2D eigenvalue weighted by atomic mass is 19.4. The van der Waals surface area contributed by atoms with Crippen LogP contribution in [0.1, 0.15) is 17.0 Å². The van der Waals surface area contributed by atoms with Gasteiger partial charge in [-0.05, 0) is 48.9 Å². The largest absolute Gasteiger partial charge is 0.487 e. The molecule has 32 heavy (non-hydrogen) atoms. The van der Waals surface area contributed by atoms with Crippen LogP contribution >= 0.6 is 0 Å². The van der Waals surface area contributed by atoms with E-state index >= 15 is 0 Å². The Labute approximate surface area is 180 Å². The fourth-order valence-electron chi connectivity index (χ4n) is 2.64. The highest BCUT2D eigenvalue weighted by molar-refractivity contribution is 5.70. The predicted octanol–water partition coefficient (Wildman–Crippen LogP) is 4.44. The Balaban J connectivity index is 1.59. The molecule has 8 nitrogen and oxygen atoms in total. The minimum absolute atomic E-state index is 0.0542. The first kappa shape index (κ1) is 22.9. The summed E-state index contributed by atoms with van der Waals surface area (Å²) in [6, 6.07) is 11.6. The number of aromatic nitrogens is 1. The molecule has 0 unspecified atom stereocenters. The second-order valence-corrected chi connectivity index (χ2v) is 6.78. The van der Waals surface area contributed by atoms with E-state index in [-0.39, 0.29) is 18.9 Å². The minimum atomic E-state index is -4.41. The number of nitrogens with two attached hydrogens (primary N) is 1. The molecule has 2 aromatic carbocycles. The Hall–Kier alpha value is -3.73. The standard InChI is InChI=1S/C21H20F3N3O5/c1-13-18(11-30-16-6-2-14(3-7-16)10-27(29)20(25)28)26-19(32-13)15-4-8-17(9-5-15)31-12-21(22,23)24/h2-9,29H,10-12H2,1H3,(H2,25,28). The molecule has 3 aromatic rings. The van der Waals surface area contributed by atoms with E-state index in [9.17, 15) is 23.2 Å². The number of alkyl halides is 3. The third kappa shape index (κ3) is 6.38. The van der Waals surface area contributed by atoms with Gasteiger partial charge in [0.1, 0.15) is 29.6 Å². The maximum Gasteiger partial charge on any atom is 0.422 e. The number of hydrogen-bond acceptors (Lipinski definition) is 6. The van der Waals surface area contributed by atoms with Crippen molar-refractivity contribution < 1.29 is 37.1 Å². The van der Waals surface area contributed by atoms with Crippen molar-refractivity contribution in [1.29, 1.82) is 0 Å². The van der Waals surface area contributed by atoms with Crippen LogP contribution in [0.5, 0.6) is 11.5 Å². The van der Waals surface area contributed by atoms with Crippen LogP contribution in [-0.4, -0.2) is 34.1 Å². The Morgan fingerprint density at radius 2 is 1.69 bits per heavy atom. The minimum Gasteiger partial charge on any atom is -0.487 e. The Bertz CT molecular complexity index is 1050. The fraction of sp³-hybridized carbons (Fsp3) is 0.238. The number of benzene rings is 2. The molecule has 0 saturated carbocycles. The predicted molar refractivity (Wildman–Crippen MR) is 106 cm³/mol. The Morgan fingerprint density at radius 3 is 2.28 bits per heavy atom. The summed E-state index contributed by atoms with van der Waals surface area (Å²) in [7, 11) is 0. The SMILES string of the molecule is Cc1oc(-c2ccc(OCC(F)(F)F)cc2)nc1COc1ccc(CN(O)C(N)=O)cc1. The Morgan fingerprint density at radius 1 is 1.09 bits per heavy atom. The molecule has 0 bridgehead atoms. The third-order valence-electron chi connectivity index (χ3n) is 4.28. The normalized spacial score (nSPS) is 11.3. The van der Waals surface area contributed by atoms with Gasteiger partial charge >= 0.3 is 12.2 Å². The number of urea groups is 1. The highest BCUT2D eigenvalue weighted by Crippen LogP contribution is 2.26.